The van der Waals surface area contributed by atoms with Crippen LogP contribution in [0.25, 0.3) is 0 Å². The van der Waals surface area contributed by atoms with Crippen molar-refractivity contribution in [2.75, 3.05) is 0 Å². The van der Waals surface area contributed by atoms with E-state index in [4.69, 9.17) is 0 Å². The first-order chi connectivity index (χ1) is 5.84. The maximum Gasteiger partial charge on any atom is 0.141 e. The summed E-state index contributed by atoms with van der Waals surface area (Å²) in [7, 11) is 0. The Labute approximate surface area is 82.9 Å². The molecule has 0 N–H and O–H groups in total. The Morgan fingerprint density at radius 1 is 1.15 bits per heavy atom. The van der Waals surface area contributed by atoms with Gasteiger partial charge in [-0.1, -0.05) is 48.0 Å². The van der Waals surface area contributed by atoms with Gasteiger partial charge in [-0.15, -0.1) is 0 Å². The summed E-state index contributed by atoms with van der Waals surface area (Å²) in [5.41, 5.74) is -0.176. The summed E-state index contributed by atoms with van der Waals surface area (Å²) >= 11 is 0. The number of ketones is 1. The second-order valence-electron chi connectivity index (χ2n) is 5.01. The van der Waals surface area contributed by atoms with E-state index in [0.29, 0.717) is 11.7 Å². The average molecular weight is 184 g/mol. The molecule has 0 aromatic heterocycles. The van der Waals surface area contributed by atoms with Gasteiger partial charge in [0.2, 0.25) is 0 Å². The average Bonchev–Trinajstić information content (AvgIpc) is 2.03. The SMILES string of the molecule is CCC(C)C(CC)C(=O)C(C)(C)C. The van der Waals surface area contributed by atoms with Crippen LogP contribution in [0.15, 0.2) is 0 Å². The second kappa shape index (κ2) is 4.78. The van der Waals surface area contributed by atoms with Crippen molar-refractivity contribution >= 4 is 5.78 Å². The molecule has 0 aliphatic rings. The molecular formula is C12H24O. The normalized spacial score (nSPS) is 16.8. The van der Waals surface area contributed by atoms with E-state index >= 15 is 0 Å². The van der Waals surface area contributed by atoms with Gasteiger partial charge in [-0.2, -0.15) is 0 Å². The zero-order valence-corrected chi connectivity index (χ0v) is 9.98. The molecule has 0 amide bonds. The Morgan fingerprint density at radius 2 is 1.62 bits per heavy atom. The van der Waals surface area contributed by atoms with E-state index in [0.717, 1.165) is 12.8 Å². The van der Waals surface area contributed by atoms with Gasteiger partial charge < -0.3 is 0 Å². The number of hydrogen-bond donors (Lipinski definition) is 0. The molecule has 78 valence electrons. The molecule has 0 rings (SSSR count). The van der Waals surface area contributed by atoms with Crippen molar-refractivity contribution in [3.63, 3.8) is 0 Å². The minimum Gasteiger partial charge on any atom is -0.299 e. The minimum absolute atomic E-state index is 0.176. The maximum atomic E-state index is 12.0. The molecule has 0 fully saturated rings. The summed E-state index contributed by atoms with van der Waals surface area (Å²) < 4.78 is 0. The summed E-state index contributed by atoms with van der Waals surface area (Å²) in [6.45, 7) is 12.5. The van der Waals surface area contributed by atoms with Gasteiger partial charge in [0.15, 0.2) is 0 Å². The van der Waals surface area contributed by atoms with Gasteiger partial charge in [-0.25, -0.2) is 0 Å². The molecule has 0 aromatic rings. The summed E-state index contributed by atoms with van der Waals surface area (Å²) in [5, 5.41) is 0. The zero-order valence-electron chi connectivity index (χ0n) is 9.98. The van der Waals surface area contributed by atoms with E-state index in [1.165, 1.54) is 0 Å². The summed E-state index contributed by atoms with van der Waals surface area (Å²) in [4.78, 5) is 12.0. The Balaban J connectivity index is 4.50. The smallest absolute Gasteiger partial charge is 0.141 e. The van der Waals surface area contributed by atoms with Crippen LogP contribution < -0.4 is 0 Å². The highest BCUT2D eigenvalue weighted by Crippen LogP contribution is 2.28. The molecule has 0 bridgehead atoms. The highest BCUT2D eigenvalue weighted by molar-refractivity contribution is 5.86. The van der Waals surface area contributed by atoms with Crippen LogP contribution in [0.4, 0.5) is 0 Å². The fraction of sp³-hybridized carbons (Fsp3) is 0.917. The largest absolute Gasteiger partial charge is 0.299 e. The first kappa shape index (κ1) is 12.7. The number of carbonyl (C=O) groups is 1. The van der Waals surface area contributed by atoms with Crippen molar-refractivity contribution in [2.45, 2.75) is 54.4 Å². The number of rotatable bonds is 4. The minimum atomic E-state index is -0.176. The van der Waals surface area contributed by atoms with Gasteiger partial charge in [0.25, 0.3) is 0 Å². The topological polar surface area (TPSA) is 17.1 Å². The molecule has 0 heterocycles. The molecule has 0 radical (unpaired) electrons. The molecule has 1 heteroatoms. The quantitative estimate of drug-likeness (QED) is 0.651. The van der Waals surface area contributed by atoms with Gasteiger partial charge in [0, 0.05) is 11.3 Å². The van der Waals surface area contributed by atoms with Crippen LogP contribution in [-0.4, -0.2) is 5.78 Å². The van der Waals surface area contributed by atoms with Crippen molar-refractivity contribution in [3.8, 4) is 0 Å². The van der Waals surface area contributed by atoms with Gasteiger partial charge in [-0.3, -0.25) is 4.79 Å². The van der Waals surface area contributed by atoms with Crippen molar-refractivity contribution in [3.05, 3.63) is 0 Å². The van der Waals surface area contributed by atoms with Crippen molar-refractivity contribution in [2.24, 2.45) is 17.3 Å². The van der Waals surface area contributed by atoms with Gasteiger partial charge in [0.05, 0.1) is 0 Å². The van der Waals surface area contributed by atoms with Crippen LogP contribution in [0.1, 0.15) is 54.4 Å². The fourth-order valence-electron chi connectivity index (χ4n) is 1.69. The molecule has 13 heavy (non-hydrogen) atoms. The molecule has 0 aliphatic heterocycles. The van der Waals surface area contributed by atoms with E-state index in [9.17, 15) is 4.79 Å². The third-order valence-corrected chi connectivity index (χ3v) is 2.85. The van der Waals surface area contributed by atoms with E-state index in [-0.39, 0.29) is 11.3 Å². The third kappa shape index (κ3) is 3.50. The lowest BCUT2D eigenvalue weighted by molar-refractivity contribution is -0.132. The van der Waals surface area contributed by atoms with Crippen LogP contribution in [-0.2, 0) is 4.79 Å². The van der Waals surface area contributed by atoms with E-state index < -0.39 is 0 Å². The third-order valence-electron chi connectivity index (χ3n) is 2.85. The van der Waals surface area contributed by atoms with Crippen LogP contribution in [0, 0.1) is 17.3 Å². The van der Waals surface area contributed by atoms with Crippen molar-refractivity contribution in [1.82, 2.24) is 0 Å². The number of carbonyl (C=O) groups excluding carboxylic acids is 1. The standard InChI is InChI=1S/C12H24O/c1-7-9(3)10(8-2)11(13)12(4,5)6/h9-10H,7-8H2,1-6H3. The van der Waals surface area contributed by atoms with Crippen molar-refractivity contribution < 1.29 is 4.79 Å². The summed E-state index contributed by atoms with van der Waals surface area (Å²) in [6.07, 6.45) is 2.07. The lowest BCUT2D eigenvalue weighted by Gasteiger charge is -2.27. The number of Topliss-reactive ketones (excluding diaryl/α,β-unsaturated/α-hetero) is 1. The van der Waals surface area contributed by atoms with Crippen LogP contribution in [0.2, 0.25) is 0 Å². The predicted molar refractivity (Wildman–Crippen MR) is 57.7 cm³/mol. The second-order valence-corrected chi connectivity index (χ2v) is 5.01. The van der Waals surface area contributed by atoms with Crippen molar-refractivity contribution in [1.29, 1.82) is 0 Å². The fourth-order valence-corrected chi connectivity index (χ4v) is 1.69. The molecular weight excluding hydrogens is 160 g/mol. The maximum absolute atomic E-state index is 12.0. The molecule has 2 unspecified atom stereocenters. The molecule has 0 spiro atoms. The predicted octanol–water partition coefficient (Wildman–Crippen LogP) is 3.67. The summed E-state index contributed by atoms with van der Waals surface area (Å²) in [5.74, 6) is 1.20. The van der Waals surface area contributed by atoms with Crippen LogP contribution in [0.5, 0.6) is 0 Å². The highest BCUT2D eigenvalue weighted by atomic mass is 16.1. The number of hydrogen-bond acceptors (Lipinski definition) is 1. The van der Waals surface area contributed by atoms with Crippen LogP contribution >= 0.6 is 0 Å². The lowest BCUT2D eigenvalue weighted by atomic mass is 9.76. The zero-order chi connectivity index (χ0) is 10.6. The molecule has 0 saturated carbocycles. The van der Waals surface area contributed by atoms with E-state index in [2.05, 4.69) is 20.8 Å². The van der Waals surface area contributed by atoms with Gasteiger partial charge in [-0.05, 0) is 12.3 Å². The monoisotopic (exact) mass is 184 g/mol. The summed E-state index contributed by atoms with van der Waals surface area (Å²) in [6, 6.07) is 0. The molecule has 0 aromatic carbocycles. The van der Waals surface area contributed by atoms with Gasteiger partial charge >= 0.3 is 0 Å². The highest BCUT2D eigenvalue weighted by Gasteiger charge is 2.30. The molecule has 1 nitrogen and oxygen atoms in total. The lowest BCUT2D eigenvalue weighted by Crippen LogP contribution is -2.31. The first-order valence-electron chi connectivity index (χ1n) is 5.38. The molecule has 0 saturated heterocycles. The first-order valence-corrected chi connectivity index (χ1v) is 5.38. The Bertz CT molecular complexity index is 164. The molecule has 2 atom stereocenters. The van der Waals surface area contributed by atoms with E-state index in [1.54, 1.807) is 0 Å². The van der Waals surface area contributed by atoms with Gasteiger partial charge in [0.1, 0.15) is 5.78 Å². The Hall–Kier alpha value is -0.330. The van der Waals surface area contributed by atoms with Crippen LogP contribution in [0.3, 0.4) is 0 Å². The van der Waals surface area contributed by atoms with E-state index in [1.807, 2.05) is 20.8 Å². The molecule has 0 aliphatic carbocycles. The Morgan fingerprint density at radius 3 is 1.85 bits per heavy atom. The Kier molecular flexibility index (Phi) is 4.66.